The molecule has 3 rings (SSSR count). The Morgan fingerprint density at radius 1 is 1.11 bits per heavy atom. The number of carbonyl (C=O) groups is 1. The second-order valence-corrected chi connectivity index (χ2v) is 5.71. The van der Waals surface area contributed by atoms with Crippen LogP contribution in [0, 0.1) is 10.1 Å². The minimum Gasteiger partial charge on any atom is -0.502 e. The molecule has 0 aliphatic carbocycles. The number of hydrazone groups is 1. The zero-order valence-corrected chi connectivity index (χ0v) is 14.1. The number of phenolic OH excluding ortho intramolecular Hbond substituents is 1. The molecule has 0 radical (unpaired) electrons. The standard InChI is InChI=1S/C19H16N4O4/c24-18-8-5-13(9-17(18)23(26)27)11-21-22-19(25)12-20-16-7-6-14-3-1-2-4-15(14)10-16/h1-11,20,24H,12H2,(H,22,25). The molecular formula is C19H16N4O4. The van der Waals surface area contributed by atoms with Crippen LogP contribution in [-0.2, 0) is 4.79 Å². The molecule has 3 aromatic carbocycles. The van der Waals surface area contributed by atoms with Crippen molar-refractivity contribution in [2.75, 3.05) is 11.9 Å². The summed E-state index contributed by atoms with van der Waals surface area (Å²) in [5.41, 5.74) is 3.09. The van der Waals surface area contributed by atoms with Crippen molar-refractivity contribution in [3.63, 3.8) is 0 Å². The Balaban J connectivity index is 1.55. The number of carbonyl (C=O) groups excluding carboxylic acids is 1. The lowest BCUT2D eigenvalue weighted by Crippen LogP contribution is -2.25. The SMILES string of the molecule is O=C(CNc1ccc2ccccc2c1)NN=Cc1ccc(O)c([N+](=O)[O-])c1. The van der Waals surface area contributed by atoms with E-state index >= 15 is 0 Å². The Hall–Kier alpha value is -3.94. The fraction of sp³-hybridized carbons (Fsp3) is 0.0526. The van der Waals surface area contributed by atoms with E-state index in [2.05, 4.69) is 15.8 Å². The van der Waals surface area contributed by atoms with Crippen LogP contribution in [0.2, 0.25) is 0 Å². The summed E-state index contributed by atoms with van der Waals surface area (Å²) in [7, 11) is 0. The minimum absolute atomic E-state index is 0.0193. The van der Waals surface area contributed by atoms with Gasteiger partial charge in [0.05, 0.1) is 17.7 Å². The van der Waals surface area contributed by atoms with Crippen molar-refractivity contribution in [1.29, 1.82) is 0 Å². The maximum Gasteiger partial charge on any atom is 0.311 e. The van der Waals surface area contributed by atoms with Crippen molar-refractivity contribution in [3.8, 4) is 5.75 Å². The van der Waals surface area contributed by atoms with Crippen LogP contribution in [0.25, 0.3) is 10.8 Å². The first-order valence-corrected chi connectivity index (χ1v) is 8.05. The van der Waals surface area contributed by atoms with Crippen LogP contribution in [0.4, 0.5) is 11.4 Å². The first kappa shape index (κ1) is 17.9. The van der Waals surface area contributed by atoms with E-state index in [-0.39, 0.29) is 12.5 Å². The number of nitrogens with zero attached hydrogens (tertiary/aromatic N) is 2. The Labute approximate surface area is 154 Å². The first-order valence-electron chi connectivity index (χ1n) is 8.05. The third kappa shape index (κ3) is 4.57. The second-order valence-electron chi connectivity index (χ2n) is 5.71. The Morgan fingerprint density at radius 3 is 2.67 bits per heavy atom. The Bertz CT molecular complexity index is 1030. The van der Waals surface area contributed by atoms with E-state index in [9.17, 15) is 20.0 Å². The fourth-order valence-corrected chi connectivity index (χ4v) is 2.47. The number of hydrogen-bond donors (Lipinski definition) is 3. The van der Waals surface area contributed by atoms with Crippen molar-refractivity contribution in [2.24, 2.45) is 5.10 Å². The molecule has 0 aromatic heterocycles. The highest BCUT2D eigenvalue weighted by molar-refractivity contribution is 5.88. The molecule has 0 spiro atoms. The zero-order valence-electron chi connectivity index (χ0n) is 14.1. The van der Waals surface area contributed by atoms with Gasteiger partial charge >= 0.3 is 5.69 Å². The molecule has 8 heteroatoms. The number of nitrogens with one attached hydrogen (secondary N) is 2. The highest BCUT2D eigenvalue weighted by Crippen LogP contribution is 2.25. The van der Waals surface area contributed by atoms with E-state index in [0.717, 1.165) is 22.5 Å². The molecular weight excluding hydrogens is 348 g/mol. The number of hydrogen-bond acceptors (Lipinski definition) is 6. The molecule has 27 heavy (non-hydrogen) atoms. The smallest absolute Gasteiger partial charge is 0.311 e. The molecule has 3 aromatic rings. The number of phenols is 1. The van der Waals surface area contributed by atoms with Crippen molar-refractivity contribution < 1.29 is 14.8 Å². The van der Waals surface area contributed by atoms with Crippen LogP contribution in [0.5, 0.6) is 5.75 Å². The molecule has 0 aliphatic rings. The van der Waals surface area contributed by atoms with Crippen LogP contribution in [0.3, 0.4) is 0 Å². The van der Waals surface area contributed by atoms with Gasteiger partial charge in [-0.1, -0.05) is 30.3 Å². The lowest BCUT2D eigenvalue weighted by molar-refractivity contribution is -0.385. The largest absolute Gasteiger partial charge is 0.502 e. The van der Waals surface area contributed by atoms with Crippen molar-refractivity contribution >= 4 is 34.3 Å². The number of nitro groups is 1. The second kappa shape index (κ2) is 7.96. The molecule has 0 aliphatic heterocycles. The summed E-state index contributed by atoms with van der Waals surface area (Å²) in [6, 6.07) is 17.5. The topological polar surface area (TPSA) is 117 Å². The average Bonchev–Trinajstić information content (AvgIpc) is 2.67. The number of nitro benzene ring substituents is 1. The molecule has 0 saturated carbocycles. The van der Waals surface area contributed by atoms with Crippen LogP contribution in [0.1, 0.15) is 5.56 Å². The van der Waals surface area contributed by atoms with Gasteiger partial charge in [-0.3, -0.25) is 14.9 Å². The van der Waals surface area contributed by atoms with E-state index in [0.29, 0.717) is 5.56 Å². The van der Waals surface area contributed by atoms with E-state index in [1.54, 1.807) is 0 Å². The van der Waals surface area contributed by atoms with Gasteiger partial charge in [-0.2, -0.15) is 5.10 Å². The molecule has 136 valence electrons. The predicted molar refractivity (Wildman–Crippen MR) is 103 cm³/mol. The number of fused-ring (bicyclic) bond motifs is 1. The van der Waals surface area contributed by atoms with E-state index in [1.807, 2.05) is 42.5 Å². The summed E-state index contributed by atoms with van der Waals surface area (Å²) >= 11 is 0. The van der Waals surface area contributed by atoms with E-state index in [4.69, 9.17) is 0 Å². The molecule has 0 heterocycles. The van der Waals surface area contributed by atoms with Crippen LogP contribution in [0.15, 0.2) is 65.8 Å². The monoisotopic (exact) mass is 364 g/mol. The first-order chi connectivity index (χ1) is 13.0. The lowest BCUT2D eigenvalue weighted by atomic mass is 10.1. The maximum atomic E-state index is 11.9. The quantitative estimate of drug-likeness (QED) is 0.353. The van der Waals surface area contributed by atoms with E-state index in [1.165, 1.54) is 18.3 Å². The molecule has 0 fully saturated rings. The van der Waals surface area contributed by atoms with Crippen LogP contribution < -0.4 is 10.7 Å². The van der Waals surface area contributed by atoms with Gasteiger partial charge in [-0.25, -0.2) is 5.43 Å². The molecule has 0 unspecified atom stereocenters. The van der Waals surface area contributed by atoms with Gasteiger partial charge in [0.1, 0.15) is 0 Å². The predicted octanol–water partition coefficient (Wildman–Crippen LogP) is 3.02. The third-order valence-corrected chi connectivity index (χ3v) is 3.80. The number of rotatable bonds is 6. The third-order valence-electron chi connectivity index (χ3n) is 3.80. The average molecular weight is 364 g/mol. The summed E-state index contributed by atoms with van der Waals surface area (Å²) in [5, 5.41) is 29.1. The van der Waals surface area contributed by atoms with E-state index < -0.39 is 16.4 Å². The van der Waals surface area contributed by atoms with Gasteiger partial charge in [-0.15, -0.1) is 0 Å². The molecule has 1 amide bonds. The number of aromatic hydroxyl groups is 1. The number of amides is 1. The lowest BCUT2D eigenvalue weighted by Gasteiger charge is -2.06. The van der Waals surface area contributed by atoms with Gasteiger partial charge in [0.15, 0.2) is 5.75 Å². The molecule has 0 atom stereocenters. The van der Waals surface area contributed by atoms with Gasteiger partial charge in [-0.05, 0) is 35.0 Å². The summed E-state index contributed by atoms with van der Waals surface area (Å²) in [6.07, 6.45) is 1.26. The van der Waals surface area contributed by atoms with Gasteiger partial charge in [0.2, 0.25) is 0 Å². The number of anilines is 1. The summed E-state index contributed by atoms with van der Waals surface area (Å²) in [6.45, 7) is 0.0193. The van der Waals surface area contributed by atoms with Crippen LogP contribution >= 0.6 is 0 Å². The Kier molecular flexibility index (Phi) is 5.27. The highest BCUT2D eigenvalue weighted by atomic mass is 16.6. The number of benzene rings is 3. The summed E-state index contributed by atoms with van der Waals surface area (Å²) in [4.78, 5) is 21.9. The Morgan fingerprint density at radius 2 is 1.89 bits per heavy atom. The zero-order chi connectivity index (χ0) is 19.2. The fourth-order valence-electron chi connectivity index (χ4n) is 2.47. The maximum absolute atomic E-state index is 11.9. The van der Waals surface area contributed by atoms with Crippen molar-refractivity contribution in [3.05, 3.63) is 76.3 Å². The van der Waals surface area contributed by atoms with Crippen LogP contribution in [-0.4, -0.2) is 28.7 Å². The minimum atomic E-state index is -0.696. The van der Waals surface area contributed by atoms with Gasteiger partial charge in [0.25, 0.3) is 5.91 Å². The van der Waals surface area contributed by atoms with Crippen molar-refractivity contribution in [1.82, 2.24) is 5.43 Å². The van der Waals surface area contributed by atoms with Gasteiger partial charge < -0.3 is 10.4 Å². The molecule has 0 bridgehead atoms. The summed E-state index contributed by atoms with van der Waals surface area (Å²) < 4.78 is 0. The van der Waals surface area contributed by atoms with Gasteiger partial charge in [0, 0.05) is 17.3 Å². The highest BCUT2D eigenvalue weighted by Gasteiger charge is 2.12. The molecule has 8 nitrogen and oxygen atoms in total. The molecule has 3 N–H and O–H groups in total. The van der Waals surface area contributed by atoms with Crippen molar-refractivity contribution in [2.45, 2.75) is 0 Å². The summed E-state index contributed by atoms with van der Waals surface area (Å²) in [5.74, 6) is -0.798. The molecule has 0 saturated heterocycles. The normalized spacial score (nSPS) is 10.8.